The third-order valence-corrected chi connectivity index (χ3v) is 7.98. The number of sulfonamides is 1. The van der Waals surface area contributed by atoms with Gasteiger partial charge < -0.3 is 10.1 Å². The van der Waals surface area contributed by atoms with Crippen molar-refractivity contribution >= 4 is 32.5 Å². The highest BCUT2D eigenvalue weighted by Gasteiger charge is 2.34. The van der Waals surface area contributed by atoms with Gasteiger partial charge in [0.1, 0.15) is 6.04 Å². The van der Waals surface area contributed by atoms with E-state index in [1.54, 1.807) is 43.3 Å². The number of hydrogen-bond acceptors (Lipinski definition) is 6. The van der Waals surface area contributed by atoms with Crippen LogP contribution in [0.5, 0.6) is 0 Å². The van der Waals surface area contributed by atoms with Crippen molar-refractivity contribution in [3.63, 3.8) is 0 Å². The fourth-order valence-corrected chi connectivity index (χ4v) is 5.77. The number of ether oxygens (including phenoxy) is 1. The highest BCUT2D eigenvalue weighted by atomic mass is 32.2. The molecule has 0 bridgehead atoms. The third-order valence-electron chi connectivity index (χ3n) is 6.09. The Bertz CT molecular complexity index is 1270. The molecule has 1 heterocycles. The van der Waals surface area contributed by atoms with Crippen LogP contribution in [0.15, 0.2) is 77.7 Å². The van der Waals surface area contributed by atoms with Crippen LogP contribution in [0.1, 0.15) is 31.4 Å². The lowest BCUT2D eigenvalue weighted by atomic mass is 9.98. The maximum atomic E-state index is 13.2. The van der Waals surface area contributed by atoms with Crippen molar-refractivity contribution in [2.24, 2.45) is 0 Å². The Balaban J connectivity index is 1.46. The molecule has 1 fully saturated rings. The second kappa shape index (κ2) is 10.5. The van der Waals surface area contributed by atoms with Crippen molar-refractivity contribution in [2.45, 2.75) is 36.7 Å². The molecule has 3 aromatic rings. The molecule has 0 spiro atoms. The number of fused-ring (bicyclic) bond motifs is 1. The van der Waals surface area contributed by atoms with E-state index in [4.69, 9.17) is 4.74 Å². The van der Waals surface area contributed by atoms with Crippen molar-refractivity contribution in [1.82, 2.24) is 9.62 Å². The predicted molar refractivity (Wildman–Crippen MR) is 130 cm³/mol. The van der Waals surface area contributed by atoms with Crippen LogP contribution in [-0.4, -0.2) is 50.2 Å². The first-order valence-corrected chi connectivity index (χ1v) is 12.8. The number of carbonyl (C=O) groups is 2. The van der Waals surface area contributed by atoms with E-state index in [1.807, 2.05) is 36.4 Å². The van der Waals surface area contributed by atoms with Gasteiger partial charge in [0.25, 0.3) is 5.78 Å². The van der Waals surface area contributed by atoms with E-state index in [9.17, 15) is 18.0 Å². The summed E-state index contributed by atoms with van der Waals surface area (Å²) in [6.45, 7) is 2.42. The Labute approximate surface area is 199 Å². The molecule has 0 aromatic heterocycles. The molecule has 1 aliphatic heterocycles. The number of piperidine rings is 1. The molecule has 1 atom stereocenters. The summed E-state index contributed by atoms with van der Waals surface area (Å²) in [5.74, 6) is -1.53. The van der Waals surface area contributed by atoms with Gasteiger partial charge in [0.15, 0.2) is 0 Å². The van der Waals surface area contributed by atoms with Crippen LogP contribution in [-0.2, 0) is 24.3 Å². The number of esters is 1. The number of hydrogen-bond donors (Lipinski definition) is 1. The first-order chi connectivity index (χ1) is 16.4. The number of Topliss-reactive ketones (excluding diaryl/α,β-unsaturated/α-hetero) is 1. The minimum Gasteiger partial charge on any atom is -0.460 e. The molecular weight excluding hydrogens is 452 g/mol. The number of ketones is 1. The SMILES string of the molecule is CCOC(=O)C(=O)C(NC1CCN(S(=O)(=O)c2ccc3ccccc3c2)CC1)c1ccccc1. The van der Waals surface area contributed by atoms with Gasteiger partial charge >= 0.3 is 5.97 Å². The first-order valence-electron chi connectivity index (χ1n) is 11.4. The number of benzene rings is 3. The molecule has 0 aliphatic carbocycles. The highest BCUT2D eigenvalue weighted by Crippen LogP contribution is 2.26. The second-order valence-corrected chi connectivity index (χ2v) is 10.2. The van der Waals surface area contributed by atoms with E-state index in [2.05, 4.69) is 5.32 Å². The van der Waals surface area contributed by atoms with Crippen LogP contribution in [0.25, 0.3) is 10.8 Å². The van der Waals surface area contributed by atoms with Crippen LogP contribution in [0.3, 0.4) is 0 Å². The van der Waals surface area contributed by atoms with Crippen LogP contribution in [0, 0.1) is 0 Å². The smallest absolute Gasteiger partial charge is 0.376 e. The van der Waals surface area contributed by atoms with Gasteiger partial charge in [-0.2, -0.15) is 4.31 Å². The fraction of sp³-hybridized carbons (Fsp3) is 0.308. The highest BCUT2D eigenvalue weighted by molar-refractivity contribution is 7.89. The van der Waals surface area contributed by atoms with Gasteiger partial charge in [0, 0.05) is 19.1 Å². The van der Waals surface area contributed by atoms with Crippen molar-refractivity contribution in [3.8, 4) is 0 Å². The van der Waals surface area contributed by atoms with Gasteiger partial charge in [-0.15, -0.1) is 0 Å². The summed E-state index contributed by atoms with van der Waals surface area (Å²) in [5, 5.41) is 5.14. The summed E-state index contributed by atoms with van der Waals surface area (Å²) in [5.41, 5.74) is 0.673. The standard InChI is InChI=1S/C26H28N2O5S/c1-2-33-26(30)25(29)24(20-9-4-3-5-10-20)27-22-14-16-28(17-15-22)34(31,32)23-13-12-19-8-6-7-11-21(19)18-23/h3-13,18,22,24,27H,2,14-17H2,1H3. The normalized spacial score (nSPS) is 16.3. The predicted octanol–water partition coefficient (Wildman–Crippen LogP) is 3.46. The molecule has 1 saturated heterocycles. The third kappa shape index (κ3) is 5.19. The summed E-state index contributed by atoms with van der Waals surface area (Å²) >= 11 is 0. The second-order valence-electron chi connectivity index (χ2n) is 8.28. The quantitative estimate of drug-likeness (QED) is 0.392. The molecule has 0 amide bonds. The molecule has 34 heavy (non-hydrogen) atoms. The van der Waals surface area contributed by atoms with Gasteiger partial charge in [0.2, 0.25) is 10.0 Å². The summed E-state index contributed by atoms with van der Waals surface area (Å²) < 4.78 is 32.9. The van der Waals surface area contributed by atoms with Crippen molar-refractivity contribution in [1.29, 1.82) is 0 Å². The lowest BCUT2D eigenvalue weighted by Gasteiger charge is -2.33. The summed E-state index contributed by atoms with van der Waals surface area (Å²) in [7, 11) is -3.63. The molecule has 1 aliphatic rings. The van der Waals surface area contributed by atoms with Gasteiger partial charge in [0.05, 0.1) is 11.5 Å². The number of nitrogens with zero attached hydrogens (tertiary/aromatic N) is 1. The monoisotopic (exact) mass is 480 g/mol. The molecule has 7 nitrogen and oxygen atoms in total. The molecule has 4 rings (SSSR count). The maximum absolute atomic E-state index is 13.2. The van der Waals surface area contributed by atoms with E-state index in [0.717, 1.165) is 10.8 Å². The molecule has 1 N–H and O–H groups in total. The molecule has 0 radical (unpaired) electrons. The van der Waals surface area contributed by atoms with Crippen LogP contribution in [0.2, 0.25) is 0 Å². The largest absolute Gasteiger partial charge is 0.460 e. The summed E-state index contributed by atoms with van der Waals surface area (Å²) in [4.78, 5) is 25.2. The van der Waals surface area contributed by atoms with Gasteiger partial charge in [-0.1, -0.05) is 60.7 Å². The molecule has 3 aromatic carbocycles. The van der Waals surface area contributed by atoms with E-state index in [0.29, 0.717) is 31.5 Å². The Morgan fingerprint density at radius 2 is 1.62 bits per heavy atom. The molecular formula is C26H28N2O5S. The zero-order valence-corrected chi connectivity index (χ0v) is 19.8. The number of nitrogens with one attached hydrogen (secondary N) is 1. The number of carbonyl (C=O) groups excluding carboxylic acids is 2. The number of rotatable bonds is 8. The molecule has 0 saturated carbocycles. The Morgan fingerprint density at radius 3 is 2.29 bits per heavy atom. The van der Waals surface area contributed by atoms with Crippen LogP contribution < -0.4 is 5.32 Å². The minimum absolute atomic E-state index is 0.119. The molecule has 8 heteroatoms. The molecule has 1 unspecified atom stereocenters. The lowest BCUT2D eigenvalue weighted by molar-refractivity contribution is -0.154. The van der Waals surface area contributed by atoms with Crippen LogP contribution >= 0.6 is 0 Å². The van der Waals surface area contributed by atoms with Gasteiger partial charge in [-0.3, -0.25) is 4.79 Å². The summed E-state index contributed by atoms with van der Waals surface area (Å²) in [6.07, 6.45) is 1.04. The first kappa shape index (κ1) is 24.1. The minimum atomic E-state index is -3.63. The Kier molecular flexibility index (Phi) is 7.41. The van der Waals surface area contributed by atoms with E-state index < -0.39 is 27.8 Å². The average molecular weight is 481 g/mol. The summed E-state index contributed by atoms with van der Waals surface area (Å²) in [6, 6.07) is 20.9. The lowest BCUT2D eigenvalue weighted by Crippen LogP contribution is -2.47. The average Bonchev–Trinajstić information content (AvgIpc) is 2.87. The zero-order chi connectivity index (χ0) is 24.1. The fourth-order valence-electron chi connectivity index (χ4n) is 4.26. The van der Waals surface area contributed by atoms with Gasteiger partial charge in [-0.05, 0) is 48.2 Å². The molecule has 178 valence electrons. The van der Waals surface area contributed by atoms with E-state index in [-0.39, 0.29) is 17.5 Å². The van der Waals surface area contributed by atoms with Crippen molar-refractivity contribution < 1.29 is 22.7 Å². The van der Waals surface area contributed by atoms with E-state index >= 15 is 0 Å². The zero-order valence-electron chi connectivity index (χ0n) is 19.0. The maximum Gasteiger partial charge on any atom is 0.376 e. The van der Waals surface area contributed by atoms with Crippen LogP contribution in [0.4, 0.5) is 0 Å². The van der Waals surface area contributed by atoms with Gasteiger partial charge in [-0.25, -0.2) is 13.2 Å². The van der Waals surface area contributed by atoms with Crippen molar-refractivity contribution in [2.75, 3.05) is 19.7 Å². The van der Waals surface area contributed by atoms with E-state index in [1.165, 1.54) is 4.31 Å². The Morgan fingerprint density at radius 1 is 0.971 bits per heavy atom. The topological polar surface area (TPSA) is 92.8 Å². The Hall–Kier alpha value is -3.07. The van der Waals surface area contributed by atoms with Crippen molar-refractivity contribution in [3.05, 3.63) is 78.4 Å².